The van der Waals surface area contributed by atoms with E-state index < -0.39 is 18.0 Å². The molecule has 0 aromatic heterocycles. The van der Waals surface area contributed by atoms with Gasteiger partial charge in [0.05, 0.1) is 6.42 Å². The molecule has 0 N–H and O–H groups in total. The van der Waals surface area contributed by atoms with Gasteiger partial charge in [-0.05, 0) is 5.56 Å². The van der Waals surface area contributed by atoms with Gasteiger partial charge >= 0.3 is 11.9 Å². The van der Waals surface area contributed by atoms with Gasteiger partial charge in [0.2, 0.25) is 0 Å². The third kappa shape index (κ3) is 4.82. The van der Waals surface area contributed by atoms with E-state index in [-0.39, 0.29) is 13.0 Å². The minimum atomic E-state index is -0.610. The van der Waals surface area contributed by atoms with Crippen LogP contribution in [-0.4, -0.2) is 18.5 Å². The fourth-order valence-corrected chi connectivity index (χ4v) is 1.46. The molecule has 1 aromatic carbocycles. The van der Waals surface area contributed by atoms with Crippen LogP contribution in [0.4, 0.5) is 0 Å². The van der Waals surface area contributed by atoms with E-state index in [4.69, 9.17) is 9.47 Å². The Balaban J connectivity index is 2.70. The van der Waals surface area contributed by atoms with Crippen LogP contribution in [0.3, 0.4) is 0 Å². The molecule has 18 heavy (non-hydrogen) atoms. The van der Waals surface area contributed by atoms with Crippen LogP contribution < -0.4 is 0 Å². The molecular formula is C14H16O4. The number of rotatable bonds is 6. The fourth-order valence-electron chi connectivity index (χ4n) is 1.46. The minimum Gasteiger partial charge on any atom is -0.461 e. The molecule has 1 rings (SSSR count). The Bertz CT molecular complexity index is 411. The smallest absolute Gasteiger partial charge is 0.310 e. The van der Waals surface area contributed by atoms with Crippen LogP contribution in [0.15, 0.2) is 43.0 Å². The largest absolute Gasteiger partial charge is 0.461 e. The van der Waals surface area contributed by atoms with Gasteiger partial charge in [0.25, 0.3) is 0 Å². The number of ether oxygens (including phenoxy) is 2. The number of carbonyl (C=O) groups excluding carboxylic acids is 2. The van der Waals surface area contributed by atoms with E-state index in [0.29, 0.717) is 0 Å². The van der Waals surface area contributed by atoms with Crippen molar-refractivity contribution in [2.75, 3.05) is 6.61 Å². The fraction of sp³-hybridized carbons (Fsp3) is 0.286. The maximum absolute atomic E-state index is 11.5. The highest BCUT2D eigenvalue weighted by atomic mass is 16.6. The average molecular weight is 248 g/mol. The van der Waals surface area contributed by atoms with E-state index in [1.165, 1.54) is 13.0 Å². The highest BCUT2D eigenvalue weighted by molar-refractivity contribution is 5.72. The third-order valence-electron chi connectivity index (χ3n) is 2.19. The van der Waals surface area contributed by atoms with Gasteiger partial charge in [0, 0.05) is 6.92 Å². The first-order chi connectivity index (χ1) is 8.63. The Morgan fingerprint density at radius 2 is 2.00 bits per heavy atom. The zero-order valence-corrected chi connectivity index (χ0v) is 10.3. The second-order valence-electron chi connectivity index (χ2n) is 3.68. The van der Waals surface area contributed by atoms with E-state index in [1.54, 1.807) is 12.1 Å². The van der Waals surface area contributed by atoms with E-state index in [0.717, 1.165) is 5.56 Å². The molecule has 96 valence electrons. The predicted molar refractivity (Wildman–Crippen MR) is 66.7 cm³/mol. The van der Waals surface area contributed by atoms with Crippen molar-refractivity contribution in [1.82, 2.24) is 0 Å². The Morgan fingerprint density at radius 1 is 1.33 bits per heavy atom. The molecule has 4 heteroatoms. The molecule has 0 saturated heterocycles. The lowest BCUT2D eigenvalue weighted by Crippen LogP contribution is -2.15. The minimum absolute atomic E-state index is 0.00255. The molecule has 0 aliphatic heterocycles. The lowest BCUT2D eigenvalue weighted by molar-refractivity contribution is -0.153. The quantitative estimate of drug-likeness (QED) is 0.573. The topological polar surface area (TPSA) is 52.6 Å². The molecule has 0 saturated carbocycles. The van der Waals surface area contributed by atoms with Crippen LogP contribution in [0.1, 0.15) is 25.0 Å². The Labute approximate surface area is 106 Å². The van der Waals surface area contributed by atoms with E-state index in [2.05, 4.69) is 6.58 Å². The average Bonchev–Trinajstić information content (AvgIpc) is 2.36. The highest BCUT2D eigenvalue weighted by Crippen LogP contribution is 2.21. The first-order valence-corrected chi connectivity index (χ1v) is 5.62. The normalized spacial score (nSPS) is 11.4. The molecule has 0 heterocycles. The molecule has 0 aliphatic carbocycles. The maximum Gasteiger partial charge on any atom is 0.310 e. The predicted octanol–water partition coefficient (Wildman–Crippen LogP) is 2.41. The SMILES string of the molecule is C=CCOC(=O)CC(OC(C)=O)c1ccccc1. The summed E-state index contributed by atoms with van der Waals surface area (Å²) in [5.74, 6) is -0.856. The van der Waals surface area contributed by atoms with Gasteiger partial charge < -0.3 is 9.47 Å². The summed E-state index contributed by atoms with van der Waals surface area (Å²) in [5.41, 5.74) is 0.767. The van der Waals surface area contributed by atoms with Crippen molar-refractivity contribution in [3.8, 4) is 0 Å². The lowest BCUT2D eigenvalue weighted by Gasteiger charge is -2.16. The van der Waals surface area contributed by atoms with Crippen molar-refractivity contribution in [1.29, 1.82) is 0 Å². The third-order valence-corrected chi connectivity index (χ3v) is 2.19. The summed E-state index contributed by atoms with van der Waals surface area (Å²) in [4.78, 5) is 22.5. The first-order valence-electron chi connectivity index (χ1n) is 5.62. The molecule has 4 nitrogen and oxygen atoms in total. The van der Waals surface area contributed by atoms with Gasteiger partial charge in [-0.15, -0.1) is 0 Å². The molecule has 0 radical (unpaired) electrons. The van der Waals surface area contributed by atoms with Crippen molar-refractivity contribution in [2.24, 2.45) is 0 Å². The van der Waals surface area contributed by atoms with Gasteiger partial charge in [-0.3, -0.25) is 9.59 Å². The van der Waals surface area contributed by atoms with Crippen molar-refractivity contribution in [2.45, 2.75) is 19.4 Å². The number of esters is 2. The van der Waals surface area contributed by atoms with Crippen molar-refractivity contribution >= 4 is 11.9 Å². The summed E-state index contributed by atoms with van der Waals surface area (Å²) < 4.78 is 10.00. The zero-order valence-electron chi connectivity index (χ0n) is 10.3. The molecule has 1 unspecified atom stereocenters. The van der Waals surface area contributed by atoms with Crippen LogP contribution in [0.25, 0.3) is 0 Å². The van der Waals surface area contributed by atoms with E-state index >= 15 is 0 Å². The monoisotopic (exact) mass is 248 g/mol. The molecular weight excluding hydrogens is 232 g/mol. The van der Waals surface area contributed by atoms with Crippen LogP contribution >= 0.6 is 0 Å². The molecule has 0 spiro atoms. The van der Waals surface area contributed by atoms with E-state index in [9.17, 15) is 9.59 Å². The Morgan fingerprint density at radius 3 is 2.56 bits per heavy atom. The summed E-state index contributed by atoms with van der Waals surface area (Å²) in [6, 6.07) is 9.09. The van der Waals surface area contributed by atoms with Crippen LogP contribution in [0, 0.1) is 0 Å². The summed E-state index contributed by atoms with van der Waals surface area (Å²) in [6.07, 6.45) is 0.875. The Kier molecular flexibility index (Phi) is 5.64. The number of hydrogen-bond donors (Lipinski definition) is 0. The van der Waals surface area contributed by atoms with Crippen LogP contribution in [0.2, 0.25) is 0 Å². The standard InChI is InChI=1S/C14H16O4/c1-3-9-17-14(16)10-13(18-11(2)15)12-7-5-4-6-8-12/h3-8,13H,1,9-10H2,2H3. The molecule has 0 bridgehead atoms. The summed E-state index contributed by atoms with van der Waals surface area (Å²) in [5, 5.41) is 0. The molecule has 0 amide bonds. The van der Waals surface area contributed by atoms with Crippen LogP contribution in [0.5, 0.6) is 0 Å². The molecule has 0 fully saturated rings. The van der Waals surface area contributed by atoms with Gasteiger partial charge in [-0.25, -0.2) is 0 Å². The van der Waals surface area contributed by atoms with Gasteiger partial charge in [0.15, 0.2) is 0 Å². The molecule has 1 aromatic rings. The van der Waals surface area contributed by atoms with Crippen molar-refractivity contribution in [3.05, 3.63) is 48.6 Å². The van der Waals surface area contributed by atoms with Gasteiger partial charge in [-0.2, -0.15) is 0 Å². The maximum atomic E-state index is 11.5. The summed E-state index contributed by atoms with van der Waals surface area (Å²) >= 11 is 0. The first kappa shape index (κ1) is 14.0. The zero-order chi connectivity index (χ0) is 13.4. The second-order valence-corrected chi connectivity index (χ2v) is 3.68. The number of carbonyl (C=O) groups is 2. The van der Waals surface area contributed by atoms with Crippen molar-refractivity contribution in [3.63, 3.8) is 0 Å². The number of hydrogen-bond acceptors (Lipinski definition) is 4. The second kappa shape index (κ2) is 7.27. The lowest BCUT2D eigenvalue weighted by atomic mass is 10.1. The molecule has 1 atom stereocenters. The number of benzene rings is 1. The highest BCUT2D eigenvalue weighted by Gasteiger charge is 2.19. The summed E-state index contributed by atoms with van der Waals surface area (Å²) in [6.45, 7) is 4.92. The van der Waals surface area contributed by atoms with Gasteiger partial charge in [0.1, 0.15) is 12.7 Å². The van der Waals surface area contributed by atoms with Gasteiger partial charge in [-0.1, -0.05) is 43.0 Å². The van der Waals surface area contributed by atoms with Crippen molar-refractivity contribution < 1.29 is 19.1 Å². The molecule has 0 aliphatic rings. The van der Waals surface area contributed by atoms with E-state index in [1.807, 2.05) is 18.2 Å². The summed E-state index contributed by atoms with van der Waals surface area (Å²) in [7, 11) is 0. The van der Waals surface area contributed by atoms with Crippen LogP contribution in [-0.2, 0) is 19.1 Å². The Hall–Kier alpha value is -2.10.